The number of ether oxygens (including phenoxy) is 3. The van der Waals surface area contributed by atoms with E-state index in [4.69, 9.17) is 24.3 Å². The zero-order chi connectivity index (χ0) is 51.5. The largest absolute Gasteiger partial charge is 0.497 e. The third-order valence-electron chi connectivity index (χ3n) is 13.4. The fourth-order valence-corrected chi connectivity index (χ4v) is 9.45. The number of carbonyl (C=O) groups excluding carboxylic acids is 2. The Bertz CT molecular complexity index is 3380. The van der Waals surface area contributed by atoms with E-state index < -0.39 is 0 Å². The number of aromatic amines is 1. The maximum absolute atomic E-state index is 12.8. The van der Waals surface area contributed by atoms with Crippen molar-refractivity contribution in [2.45, 2.75) is 96.7 Å². The van der Waals surface area contributed by atoms with Gasteiger partial charge in [-0.15, -0.1) is 0 Å². The lowest BCUT2D eigenvalue weighted by Crippen LogP contribution is -2.22. The summed E-state index contributed by atoms with van der Waals surface area (Å²) in [4.78, 5) is 42.8. The van der Waals surface area contributed by atoms with E-state index in [1.165, 1.54) is 38.5 Å². The second kappa shape index (κ2) is 23.3. The Morgan fingerprint density at radius 1 is 0.573 bits per heavy atom. The molecular weight excluding hydrogens is 945 g/mol. The third-order valence-corrected chi connectivity index (χ3v) is 13.4. The number of aromatic nitrogens is 8. The summed E-state index contributed by atoms with van der Waals surface area (Å²) in [5.74, 6) is 5.49. The summed E-state index contributed by atoms with van der Waals surface area (Å²) in [6.07, 6.45) is 18.8. The fraction of sp³-hybridized carbons (Fsp3) is 0.276. The number of H-pyrrole nitrogens is 1. The Morgan fingerprint density at radius 2 is 1.07 bits per heavy atom. The molecule has 9 aromatic rings. The second-order valence-electron chi connectivity index (χ2n) is 19.0. The molecule has 75 heavy (non-hydrogen) atoms. The lowest BCUT2D eigenvalue weighted by Gasteiger charge is -2.22. The van der Waals surface area contributed by atoms with Crippen LogP contribution in [0.15, 0.2) is 134 Å². The molecule has 6 aromatic heterocycles. The number of rotatable bonds is 15. The minimum atomic E-state index is -0.232. The van der Waals surface area contributed by atoms with E-state index in [2.05, 4.69) is 46.4 Å². The molecule has 2 saturated carbocycles. The first-order valence-electron chi connectivity index (χ1n) is 25.6. The number of fused-ring (bicyclic) bond motifs is 2. The van der Waals surface area contributed by atoms with Gasteiger partial charge in [0.2, 0.25) is 0 Å². The van der Waals surface area contributed by atoms with Crippen molar-refractivity contribution < 1.29 is 23.8 Å². The molecule has 0 unspecified atom stereocenters. The van der Waals surface area contributed by atoms with Crippen molar-refractivity contribution in [2.75, 3.05) is 28.4 Å². The number of nitrogens with zero attached hydrogens (tertiary/aromatic N) is 7. The van der Waals surface area contributed by atoms with Crippen molar-refractivity contribution in [1.82, 2.24) is 39.9 Å². The first-order chi connectivity index (χ1) is 36.7. The van der Waals surface area contributed by atoms with Crippen LogP contribution in [0.2, 0.25) is 0 Å². The first-order valence-corrected chi connectivity index (χ1v) is 25.6. The zero-order valence-electron chi connectivity index (χ0n) is 42.3. The van der Waals surface area contributed by atoms with Crippen LogP contribution in [0.4, 0.5) is 23.3 Å². The maximum Gasteiger partial charge on any atom is 0.256 e. The number of pyridine rings is 4. The third kappa shape index (κ3) is 12.5. The predicted molar refractivity (Wildman–Crippen MR) is 291 cm³/mol. The number of aryl methyl sites for hydroxylation is 2. The van der Waals surface area contributed by atoms with Crippen molar-refractivity contribution in [3.63, 3.8) is 0 Å². The standard InChI is InChI=1S/C33H34N6O3.C25H26N6O2/c1-22-16-18-34-29(20-22)37-33(40)24-10-14-27(15-11-24)42-28-17-19-35-32-30(28)31(36-25-6-4-3-5-7-25)38-39(32)21-23-8-12-26(41-2)13-9-23;1-16-11-13-26-21(15-16)29-25(32)17-7-9-19(10-8-17)33-20-12-14-27-23-22(20)24(31-30-23)28-18-5-3-2-4-6-18/h8-20,25H,3-7,21H2,1-2H3,(H,36,38)(H,34,37,40);7-15,18H,2-6H2,1H3,(H,26,29,32)(H2,27,28,30,31). The predicted octanol–water partition coefficient (Wildman–Crippen LogP) is 12.4. The van der Waals surface area contributed by atoms with E-state index >= 15 is 0 Å². The number of nitrogens with one attached hydrogen (secondary N) is 5. The van der Waals surface area contributed by atoms with Gasteiger partial charge in [-0.05, 0) is 141 Å². The van der Waals surface area contributed by atoms with Crippen LogP contribution in [0.1, 0.15) is 102 Å². The van der Waals surface area contributed by atoms with Crippen LogP contribution in [0.3, 0.4) is 0 Å². The normalized spacial score (nSPS) is 13.9. The van der Waals surface area contributed by atoms with Crippen LogP contribution >= 0.6 is 0 Å². The van der Waals surface area contributed by atoms with Gasteiger partial charge in [0.25, 0.3) is 11.8 Å². The number of benzene rings is 3. The Hall–Kier alpha value is -8.86. The average molecular weight is 1010 g/mol. The minimum absolute atomic E-state index is 0.222. The summed E-state index contributed by atoms with van der Waals surface area (Å²) in [5.41, 5.74) is 5.59. The van der Waals surface area contributed by atoms with Gasteiger partial charge in [-0.25, -0.2) is 24.6 Å². The molecule has 0 atom stereocenters. The summed E-state index contributed by atoms with van der Waals surface area (Å²) in [6, 6.07) is 33.9. The quantitative estimate of drug-likeness (QED) is 0.0648. The minimum Gasteiger partial charge on any atom is -0.497 e. The Labute approximate surface area is 434 Å². The molecule has 382 valence electrons. The van der Waals surface area contributed by atoms with E-state index in [-0.39, 0.29) is 11.8 Å². The van der Waals surface area contributed by atoms with Crippen LogP contribution in [0.25, 0.3) is 22.1 Å². The molecule has 17 heteroatoms. The first kappa shape index (κ1) is 49.7. The zero-order valence-corrected chi connectivity index (χ0v) is 42.3. The molecule has 0 bridgehead atoms. The molecular formula is C58H60N12O5. The molecule has 0 saturated heterocycles. The summed E-state index contributed by atoms with van der Waals surface area (Å²) < 4.78 is 19.8. The van der Waals surface area contributed by atoms with Gasteiger partial charge in [-0.2, -0.15) is 10.2 Å². The molecule has 2 fully saturated rings. The van der Waals surface area contributed by atoms with Gasteiger partial charge in [0.15, 0.2) is 22.9 Å². The molecule has 2 aliphatic carbocycles. The van der Waals surface area contributed by atoms with Gasteiger partial charge >= 0.3 is 0 Å². The van der Waals surface area contributed by atoms with Crippen molar-refractivity contribution in [3.8, 4) is 28.7 Å². The Balaban J connectivity index is 0.000000176. The average Bonchev–Trinajstić information content (AvgIpc) is 4.01. The van der Waals surface area contributed by atoms with Crippen LogP contribution in [-0.4, -0.2) is 70.9 Å². The molecule has 3 aromatic carbocycles. The lowest BCUT2D eigenvalue weighted by atomic mass is 9.95. The number of carbonyl (C=O) groups is 2. The summed E-state index contributed by atoms with van der Waals surface area (Å²) in [7, 11) is 1.66. The van der Waals surface area contributed by atoms with E-state index in [0.717, 1.165) is 76.2 Å². The van der Waals surface area contributed by atoms with Crippen molar-refractivity contribution >= 4 is 57.2 Å². The maximum atomic E-state index is 12.8. The monoisotopic (exact) mass is 1000 g/mol. The second-order valence-corrected chi connectivity index (χ2v) is 19.0. The Morgan fingerprint density at radius 3 is 1.60 bits per heavy atom. The summed E-state index contributed by atoms with van der Waals surface area (Å²) in [5, 5.41) is 27.0. The number of hydrogen-bond acceptors (Lipinski definition) is 13. The topological polar surface area (TPSA) is 208 Å². The molecule has 11 rings (SSSR count). The van der Waals surface area contributed by atoms with Crippen molar-refractivity contribution in [2.24, 2.45) is 0 Å². The molecule has 2 amide bonds. The van der Waals surface area contributed by atoms with Crippen LogP contribution in [0.5, 0.6) is 28.7 Å². The summed E-state index contributed by atoms with van der Waals surface area (Å²) >= 11 is 0. The highest BCUT2D eigenvalue weighted by Gasteiger charge is 2.23. The van der Waals surface area contributed by atoms with Gasteiger partial charge in [0.05, 0.1) is 13.7 Å². The van der Waals surface area contributed by atoms with Gasteiger partial charge in [0, 0.05) is 60.1 Å². The van der Waals surface area contributed by atoms with E-state index in [1.54, 1.807) is 80.4 Å². The van der Waals surface area contributed by atoms with Gasteiger partial charge in [0.1, 0.15) is 51.2 Å². The highest BCUT2D eigenvalue weighted by atomic mass is 16.5. The van der Waals surface area contributed by atoms with Crippen LogP contribution in [0, 0.1) is 13.8 Å². The highest BCUT2D eigenvalue weighted by molar-refractivity contribution is 6.04. The van der Waals surface area contributed by atoms with Gasteiger partial charge < -0.3 is 35.5 Å². The molecule has 0 spiro atoms. The molecule has 6 heterocycles. The van der Waals surface area contributed by atoms with Gasteiger partial charge in [-0.3, -0.25) is 14.7 Å². The Kier molecular flexibility index (Phi) is 15.5. The number of anilines is 4. The molecule has 0 radical (unpaired) electrons. The number of methoxy groups -OCH3 is 1. The van der Waals surface area contributed by atoms with Gasteiger partial charge in [-0.1, -0.05) is 50.7 Å². The SMILES string of the molecule is COc1ccc(Cn2nc(NC3CCCCC3)c3c(Oc4ccc(C(=O)Nc5cc(C)ccn5)cc4)ccnc32)cc1.Cc1ccnc(NC(=O)c2ccc(Oc3ccnc4[nH]nc(NC5CCCCC5)c34)cc2)c1. The van der Waals surface area contributed by atoms with Crippen LogP contribution < -0.4 is 35.5 Å². The van der Waals surface area contributed by atoms with Crippen molar-refractivity contribution in [1.29, 1.82) is 0 Å². The fourth-order valence-electron chi connectivity index (χ4n) is 9.45. The van der Waals surface area contributed by atoms with Crippen molar-refractivity contribution in [3.05, 3.63) is 162 Å². The van der Waals surface area contributed by atoms with E-state index in [1.807, 2.05) is 79.2 Å². The molecule has 2 aliphatic rings. The smallest absolute Gasteiger partial charge is 0.256 e. The number of amides is 2. The molecule has 5 N–H and O–H groups in total. The lowest BCUT2D eigenvalue weighted by molar-refractivity contribution is 0.101. The molecule has 17 nitrogen and oxygen atoms in total. The highest BCUT2D eigenvalue weighted by Crippen LogP contribution is 2.37. The molecule has 0 aliphatic heterocycles. The van der Waals surface area contributed by atoms with Crippen LogP contribution in [-0.2, 0) is 6.54 Å². The van der Waals surface area contributed by atoms with E-state index in [9.17, 15) is 9.59 Å². The van der Waals surface area contributed by atoms with E-state index in [0.29, 0.717) is 70.0 Å². The number of hydrogen-bond donors (Lipinski definition) is 5. The summed E-state index contributed by atoms with van der Waals surface area (Å²) in [6.45, 7) is 4.47.